The van der Waals surface area contributed by atoms with Gasteiger partial charge in [0, 0.05) is 30.6 Å². The average molecular weight is 452 g/mol. The molecule has 0 unspecified atom stereocenters. The van der Waals surface area contributed by atoms with Gasteiger partial charge in [-0.05, 0) is 90.3 Å². The van der Waals surface area contributed by atoms with Gasteiger partial charge >= 0.3 is 0 Å². The molecule has 0 aromatic heterocycles. The lowest BCUT2D eigenvalue weighted by molar-refractivity contribution is -0.120. The van der Waals surface area contributed by atoms with Gasteiger partial charge in [0.15, 0.2) is 5.78 Å². The number of carbonyl (C=O) groups excluding carboxylic acids is 2. The average Bonchev–Trinajstić information content (AvgIpc) is 3.27. The van der Waals surface area contributed by atoms with E-state index in [1.54, 1.807) is 6.92 Å². The summed E-state index contributed by atoms with van der Waals surface area (Å²) in [6.45, 7) is 5.32. The van der Waals surface area contributed by atoms with Crippen molar-refractivity contribution < 1.29 is 14.3 Å². The summed E-state index contributed by atoms with van der Waals surface area (Å²) < 4.78 is 5.65. The van der Waals surface area contributed by atoms with Gasteiger partial charge in [0.25, 0.3) is 0 Å². The fourth-order valence-electron chi connectivity index (χ4n) is 5.65. The van der Waals surface area contributed by atoms with Crippen LogP contribution in [0.4, 0.5) is 5.69 Å². The molecule has 3 aliphatic rings. The maximum atomic E-state index is 13.5. The van der Waals surface area contributed by atoms with Crippen LogP contribution in [0.3, 0.4) is 0 Å². The molecule has 4 nitrogen and oxygen atoms in total. The molecular formula is C30H29NO3. The van der Waals surface area contributed by atoms with Crippen LogP contribution in [-0.4, -0.2) is 24.7 Å². The largest absolute Gasteiger partial charge is 0.493 e. The fourth-order valence-corrected chi connectivity index (χ4v) is 5.65. The van der Waals surface area contributed by atoms with E-state index >= 15 is 0 Å². The highest BCUT2D eigenvalue weighted by molar-refractivity contribution is 6.02. The van der Waals surface area contributed by atoms with E-state index in [9.17, 15) is 9.59 Å². The van der Waals surface area contributed by atoms with Crippen molar-refractivity contribution in [1.29, 1.82) is 0 Å². The molecule has 2 aliphatic heterocycles. The molecule has 0 radical (unpaired) electrons. The van der Waals surface area contributed by atoms with Gasteiger partial charge in [0.05, 0.1) is 12.0 Å². The van der Waals surface area contributed by atoms with Gasteiger partial charge in [-0.15, -0.1) is 0 Å². The van der Waals surface area contributed by atoms with Crippen molar-refractivity contribution in [2.75, 3.05) is 18.5 Å². The maximum absolute atomic E-state index is 13.5. The number of ether oxygens (including phenoxy) is 1. The van der Waals surface area contributed by atoms with E-state index in [1.165, 1.54) is 11.1 Å². The molecule has 34 heavy (non-hydrogen) atoms. The minimum Gasteiger partial charge on any atom is -0.493 e. The summed E-state index contributed by atoms with van der Waals surface area (Å²) in [5.41, 5.74) is 9.29. The number of ketones is 2. The molecule has 3 aromatic carbocycles. The lowest BCUT2D eigenvalue weighted by Gasteiger charge is -2.17. The molecule has 0 atom stereocenters. The normalized spacial score (nSPS) is 16.9. The molecule has 3 aromatic rings. The highest BCUT2D eigenvalue weighted by Crippen LogP contribution is 2.50. The van der Waals surface area contributed by atoms with Crippen LogP contribution in [0.15, 0.2) is 48.5 Å². The van der Waals surface area contributed by atoms with Gasteiger partial charge in [0.1, 0.15) is 11.5 Å². The second-order valence-corrected chi connectivity index (χ2v) is 10.0. The Morgan fingerprint density at radius 1 is 1.00 bits per heavy atom. The predicted octanol–water partition coefficient (Wildman–Crippen LogP) is 5.61. The zero-order valence-corrected chi connectivity index (χ0v) is 19.8. The molecular weight excluding hydrogens is 422 g/mol. The van der Waals surface area contributed by atoms with Gasteiger partial charge in [0.2, 0.25) is 0 Å². The fraction of sp³-hybridized carbons (Fsp3) is 0.333. The third-order valence-electron chi connectivity index (χ3n) is 7.80. The Morgan fingerprint density at radius 2 is 1.85 bits per heavy atom. The minimum absolute atomic E-state index is 0.0758. The van der Waals surface area contributed by atoms with Crippen LogP contribution in [0.1, 0.15) is 57.9 Å². The zero-order chi connectivity index (χ0) is 23.4. The molecule has 2 heterocycles. The summed E-state index contributed by atoms with van der Waals surface area (Å²) in [5.74, 6) is 1.33. The third kappa shape index (κ3) is 3.44. The monoisotopic (exact) mass is 451 g/mol. The molecule has 0 bridgehead atoms. The van der Waals surface area contributed by atoms with Crippen molar-refractivity contribution in [3.8, 4) is 16.9 Å². The predicted molar refractivity (Wildman–Crippen MR) is 134 cm³/mol. The summed E-state index contributed by atoms with van der Waals surface area (Å²) >= 11 is 0. The van der Waals surface area contributed by atoms with Crippen molar-refractivity contribution in [1.82, 2.24) is 0 Å². The van der Waals surface area contributed by atoms with Gasteiger partial charge in [-0.1, -0.05) is 30.3 Å². The molecule has 0 amide bonds. The van der Waals surface area contributed by atoms with Crippen molar-refractivity contribution in [3.63, 3.8) is 0 Å². The quantitative estimate of drug-likeness (QED) is 0.495. The van der Waals surface area contributed by atoms with E-state index in [0.717, 1.165) is 83.7 Å². The van der Waals surface area contributed by atoms with E-state index in [2.05, 4.69) is 48.6 Å². The first-order valence-electron chi connectivity index (χ1n) is 12.3. The van der Waals surface area contributed by atoms with Crippen molar-refractivity contribution in [3.05, 3.63) is 81.9 Å². The Morgan fingerprint density at radius 3 is 2.65 bits per heavy atom. The lowest BCUT2D eigenvalue weighted by Crippen LogP contribution is -2.22. The molecule has 1 fully saturated rings. The first-order valence-corrected chi connectivity index (χ1v) is 12.3. The lowest BCUT2D eigenvalue weighted by atomic mass is 9.86. The number of hydrogen-bond acceptors (Lipinski definition) is 4. The molecule has 1 saturated carbocycles. The van der Waals surface area contributed by atoms with Crippen LogP contribution in [0.5, 0.6) is 5.75 Å². The molecule has 1 N–H and O–H groups in total. The summed E-state index contributed by atoms with van der Waals surface area (Å²) in [6.07, 6.45) is 4.11. The Hall–Kier alpha value is -3.40. The smallest absolute Gasteiger partial charge is 0.161 e. The van der Waals surface area contributed by atoms with Gasteiger partial charge in [-0.2, -0.15) is 0 Å². The van der Waals surface area contributed by atoms with Gasteiger partial charge in [-0.3, -0.25) is 9.59 Å². The molecule has 172 valence electrons. The number of aryl methyl sites for hydroxylation is 1. The topological polar surface area (TPSA) is 55.4 Å². The number of rotatable bonds is 6. The maximum Gasteiger partial charge on any atom is 0.161 e. The highest BCUT2D eigenvalue weighted by atomic mass is 16.5. The number of carbonyl (C=O) groups is 2. The van der Waals surface area contributed by atoms with Crippen LogP contribution >= 0.6 is 0 Å². The van der Waals surface area contributed by atoms with Crippen LogP contribution in [0.25, 0.3) is 11.1 Å². The Kier molecular flexibility index (Phi) is 4.87. The third-order valence-corrected chi connectivity index (χ3v) is 7.80. The minimum atomic E-state index is -0.344. The molecule has 4 heteroatoms. The van der Waals surface area contributed by atoms with Crippen LogP contribution in [0.2, 0.25) is 0 Å². The number of hydrogen-bond donors (Lipinski definition) is 1. The second-order valence-electron chi connectivity index (χ2n) is 10.0. The number of benzene rings is 3. The summed E-state index contributed by atoms with van der Waals surface area (Å²) in [7, 11) is 0. The van der Waals surface area contributed by atoms with Crippen LogP contribution < -0.4 is 10.1 Å². The number of nitrogens with one attached hydrogen (secondary N) is 1. The van der Waals surface area contributed by atoms with Crippen molar-refractivity contribution in [2.24, 2.45) is 0 Å². The van der Waals surface area contributed by atoms with E-state index in [1.807, 2.05) is 12.1 Å². The standard InChI is InChI=1S/C30H29NO3/c1-18-3-4-20(13-25(18)23-15-22-7-11-31-29(22)26(17-23)19(2)32)14-28(33)30(9-10-30)24-5-6-27-21(16-24)8-12-34-27/h3-6,13,15-17,31H,7-12,14H2,1-2H3. The highest BCUT2D eigenvalue weighted by Gasteiger charge is 2.50. The van der Waals surface area contributed by atoms with Crippen molar-refractivity contribution >= 4 is 17.3 Å². The summed E-state index contributed by atoms with van der Waals surface area (Å²) in [4.78, 5) is 25.9. The SMILES string of the molecule is CC(=O)c1cc(-c2cc(CC(=O)C3(c4ccc5c(c4)CCO5)CC3)ccc2C)cc2c1NCC2. The van der Waals surface area contributed by atoms with E-state index in [4.69, 9.17) is 4.74 Å². The van der Waals surface area contributed by atoms with Crippen molar-refractivity contribution in [2.45, 2.75) is 51.4 Å². The Balaban J connectivity index is 1.31. The van der Waals surface area contributed by atoms with E-state index < -0.39 is 0 Å². The van der Waals surface area contributed by atoms with Crippen LogP contribution in [0, 0.1) is 6.92 Å². The number of anilines is 1. The molecule has 6 rings (SSSR count). The van der Waals surface area contributed by atoms with Gasteiger partial charge in [-0.25, -0.2) is 0 Å². The number of fused-ring (bicyclic) bond motifs is 2. The zero-order valence-electron chi connectivity index (χ0n) is 19.8. The second kappa shape index (κ2) is 7.83. The summed E-state index contributed by atoms with van der Waals surface area (Å²) in [6, 6.07) is 16.8. The first kappa shape index (κ1) is 21.2. The van der Waals surface area contributed by atoms with Gasteiger partial charge < -0.3 is 10.1 Å². The molecule has 1 aliphatic carbocycles. The molecule has 0 spiro atoms. The Labute approximate surface area is 200 Å². The first-order chi connectivity index (χ1) is 16.4. The number of Topliss-reactive ketones (excluding diaryl/α,β-unsaturated/α-hetero) is 2. The van der Waals surface area contributed by atoms with E-state index in [-0.39, 0.29) is 11.2 Å². The Bertz CT molecular complexity index is 1350. The molecule has 0 saturated heterocycles. The van der Waals surface area contributed by atoms with E-state index in [0.29, 0.717) is 12.2 Å². The van der Waals surface area contributed by atoms with Crippen LogP contribution in [-0.2, 0) is 29.5 Å². The summed E-state index contributed by atoms with van der Waals surface area (Å²) in [5, 5.41) is 3.36.